The van der Waals surface area contributed by atoms with Gasteiger partial charge in [-0.15, -0.1) is 0 Å². The zero-order chi connectivity index (χ0) is 24.7. The van der Waals surface area contributed by atoms with Crippen LogP contribution in [0.2, 0.25) is 0 Å². The lowest BCUT2D eigenvalue weighted by atomic mass is 10.0. The summed E-state index contributed by atoms with van der Waals surface area (Å²) in [4.78, 5) is 0.397. The Morgan fingerprint density at radius 1 is 0.824 bits per heavy atom. The Labute approximate surface area is 201 Å². The third kappa shape index (κ3) is 4.68. The number of nitrogens with zero attached hydrogens (tertiary/aromatic N) is 1. The predicted octanol–water partition coefficient (Wildman–Crippen LogP) is 4.17. The normalized spacial score (nSPS) is 14.5. The molecular formula is C25H28N2O5S2. The summed E-state index contributed by atoms with van der Waals surface area (Å²) in [7, 11) is -5.93. The fourth-order valence-corrected chi connectivity index (χ4v) is 6.90. The topological polar surface area (TPSA) is 92.8 Å². The third-order valence-corrected chi connectivity index (χ3v) is 9.26. The van der Waals surface area contributed by atoms with Crippen molar-refractivity contribution in [1.82, 2.24) is 4.31 Å². The molecule has 0 bridgehead atoms. The van der Waals surface area contributed by atoms with Crippen LogP contribution in [0, 0.1) is 20.8 Å². The minimum atomic E-state index is -3.84. The fourth-order valence-electron chi connectivity index (χ4n) is 4.26. The molecule has 0 fully saturated rings. The summed E-state index contributed by atoms with van der Waals surface area (Å²) in [5.41, 5.74) is 4.62. The summed E-state index contributed by atoms with van der Waals surface area (Å²) in [6.45, 7) is 6.06. The van der Waals surface area contributed by atoms with Crippen molar-refractivity contribution in [3.8, 4) is 5.75 Å². The number of nitrogens with one attached hydrogen (secondary N) is 1. The Morgan fingerprint density at radius 3 is 2.09 bits per heavy atom. The van der Waals surface area contributed by atoms with Crippen molar-refractivity contribution in [2.24, 2.45) is 0 Å². The van der Waals surface area contributed by atoms with Crippen LogP contribution < -0.4 is 9.46 Å². The molecule has 1 aliphatic rings. The molecule has 0 saturated heterocycles. The highest BCUT2D eigenvalue weighted by molar-refractivity contribution is 7.92. The van der Waals surface area contributed by atoms with Crippen molar-refractivity contribution in [2.45, 2.75) is 43.5 Å². The van der Waals surface area contributed by atoms with Crippen molar-refractivity contribution in [3.63, 3.8) is 0 Å². The lowest BCUT2D eigenvalue weighted by molar-refractivity contribution is 0.391. The highest BCUT2D eigenvalue weighted by atomic mass is 32.2. The van der Waals surface area contributed by atoms with Crippen LogP contribution in [0.1, 0.15) is 27.8 Å². The number of benzene rings is 3. The molecule has 0 amide bonds. The van der Waals surface area contributed by atoms with Crippen LogP contribution in [0.25, 0.3) is 0 Å². The van der Waals surface area contributed by atoms with Crippen molar-refractivity contribution >= 4 is 25.7 Å². The largest absolute Gasteiger partial charge is 0.496 e. The van der Waals surface area contributed by atoms with Gasteiger partial charge >= 0.3 is 0 Å². The Balaban J connectivity index is 1.59. The summed E-state index contributed by atoms with van der Waals surface area (Å²) in [6.07, 6.45) is 0.560. The number of aryl methyl sites for hydroxylation is 3. The first-order valence-corrected chi connectivity index (χ1v) is 13.8. The Bertz CT molecular complexity index is 1420. The van der Waals surface area contributed by atoms with Gasteiger partial charge in [-0.25, -0.2) is 16.8 Å². The highest BCUT2D eigenvalue weighted by Gasteiger charge is 2.28. The van der Waals surface area contributed by atoms with Crippen LogP contribution in [-0.4, -0.2) is 34.8 Å². The van der Waals surface area contributed by atoms with Gasteiger partial charge in [-0.2, -0.15) is 4.31 Å². The molecule has 0 atom stereocenters. The number of anilines is 1. The highest BCUT2D eigenvalue weighted by Crippen LogP contribution is 2.30. The number of hydrogen-bond acceptors (Lipinski definition) is 5. The summed E-state index contributed by atoms with van der Waals surface area (Å²) >= 11 is 0. The van der Waals surface area contributed by atoms with Crippen LogP contribution >= 0.6 is 0 Å². The van der Waals surface area contributed by atoms with Crippen molar-refractivity contribution in [3.05, 3.63) is 82.4 Å². The number of methoxy groups -OCH3 is 1. The van der Waals surface area contributed by atoms with Gasteiger partial charge in [-0.1, -0.05) is 23.8 Å². The fraction of sp³-hybridized carbons (Fsp3) is 0.280. The standard InChI is InChI=1S/C25H28N2O5S2/c1-17-5-9-23(10-6-17)34(30,31)27-12-11-20-7-8-22(15-21(20)16-27)26-33(28,29)24-13-18(2)25(32-4)19(3)14-24/h5-10,13-15,26H,11-12,16H2,1-4H3. The summed E-state index contributed by atoms with van der Waals surface area (Å²) < 4.78 is 61.8. The molecule has 34 heavy (non-hydrogen) atoms. The zero-order valence-corrected chi connectivity index (χ0v) is 21.3. The molecule has 9 heteroatoms. The molecule has 1 N–H and O–H groups in total. The molecule has 0 saturated carbocycles. The van der Waals surface area contributed by atoms with Gasteiger partial charge < -0.3 is 4.74 Å². The first-order valence-electron chi connectivity index (χ1n) is 10.9. The van der Waals surface area contributed by atoms with Gasteiger partial charge in [0.1, 0.15) is 5.75 Å². The molecule has 7 nitrogen and oxygen atoms in total. The summed E-state index contributed by atoms with van der Waals surface area (Å²) in [5.74, 6) is 0.655. The minimum absolute atomic E-state index is 0.143. The zero-order valence-electron chi connectivity index (χ0n) is 19.6. The maximum absolute atomic E-state index is 13.1. The van der Waals surface area contributed by atoms with Crippen molar-refractivity contribution in [1.29, 1.82) is 0 Å². The Hall–Kier alpha value is -2.88. The lowest BCUT2D eigenvalue weighted by Crippen LogP contribution is -2.36. The van der Waals surface area contributed by atoms with Crippen LogP contribution in [0.5, 0.6) is 5.75 Å². The number of sulfonamides is 2. The van der Waals surface area contributed by atoms with Crippen LogP contribution in [-0.2, 0) is 33.0 Å². The molecule has 0 spiro atoms. The number of fused-ring (bicyclic) bond motifs is 1. The van der Waals surface area contributed by atoms with E-state index in [-0.39, 0.29) is 16.3 Å². The molecule has 1 heterocycles. The van der Waals surface area contributed by atoms with E-state index in [1.54, 1.807) is 69.5 Å². The van der Waals surface area contributed by atoms with E-state index in [1.807, 2.05) is 13.0 Å². The average Bonchev–Trinajstić information content (AvgIpc) is 2.78. The van der Waals surface area contributed by atoms with Gasteiger partial charge in [-0.05, 0) is 85.8 Å². The maximum Gasteiger partial charge on any atom is 0.261 e. The Morgan fingerprint density at radius 2 is 1.47 bits per heavy atom. The molecule has 0 aliphatic carbocycles. The molecule has 1 aliphatic heterocycles. The molecular weight excluding hydrogens is 472 g/mol. The number of ether oxygens (including phenoxy) is 1. The summed E-state index contributed by atoms with van der Waals surface area (Å²) in [6, 6.07) is 15.2. The molecule has 0 radical (unpaired) electrons. The number of hydrogen-bond donors (Lipinski definition) is 1. The van der Waals surface area contributed by atoms with Crippen LogP contribution in [0.3, 0.4) is 0 Å². The number of rotatable bonds is 6. The van der Waals surface area contributed by atoms with Crippen molar-refractivity contribution in [2.75, 3.05) is 18.4 Å². The first kappa shape index (κ1) is 24.3. The van der Waals surface area contributed by atoms with Gasteiger partial charge in [0, 0.05) is 18.8 Å². The molecule has 180 valence electrons. The monoisotopic (exact) mass is 500 g/mol. The van der Waals surface area contributed by atoms with Gasteiger partial charge in [0.2, 0.25) is 10.0 Å². The van der Waals surface area contributed by atoms with E-state index in [0.29, 0.717) is 24.4 Å². The molecule has 3 aromatic rings. The van der Waals surface area contributed by atoms with E-state index in [9.17, 15) is 16.8 Å². The van der Waals surface area contributed by atoms with Crippen LogP contribution in [0.4, 0.5) is 5.69 Å². The quantitative estimate of drug-likeness (QED) is 0.548. The van der Waals surface area contributed by atoms with Gasteiger partial charge in [-0.3, -0.25) is 4.72 Å². The average molecular weight is 501 g/mol. The lowest BCUT2D eigenvalue weighted by Gasteiger charge is -2.28. The van der Waals surface area contributed by atoms with Crippen LogP contribution in [0.15, 0.2) is 64.4 Å². The van der Waals surface area contributed by atoms with E-state index in [4.69, 9.17) is 4.74 Å². The predicted molar refractivity (Wildman–Crippen MR) is 132 cm³/mol. The second kappa shape index (κ2) is 9.05. The molecule has 3 aromatic carbocycles. The molecule has 4 rings (SSSR count). The summed E-state index contributed by atoms with van der Waals surface area (Å²) in [5, 5.41) is 0. The van der Waals surface area contributed by atoms with Gasteiger partial charge in [0.05, 0.1) is 16.9 Å². The second-order valence-corrected chi connectivity index (χ2v) is 12.2. The van der Waals surface area contributed by atoms with Gasteiger partial charge in [0.25, 0.3) is 10.0 Å². The molecule has 0 unspecified atom stereocenters. The van der Waals surface area contributed by atoms with E-state index < -0.39 is 20.0 Å². The third-order valence-electron chi connectivity index (χ3n) is 6.04. The first-order chi connectivity index (χ1) is 16.0. The van der Waals surface area contributed by atoms with E-state index in [1.165, 1.54) is 4.31 Å². The smallest absolute Gasteiger partial charge is 0.261 e. The van der Waals surface area contributed by atoms with E-state index in [2.05, 4.69) is 4.72 Å². The minimum Gasteiger partial charge on any atom is -0.496 e. The maximum atomic E-state index is 13.1. The SMILES string of the molecule is COc1c(C)cc(S(=O)(=O)Nc2ccc3c(c2)CN(S(=O)(=O)c2ccc(C)cc2)CC3)cc1C. The van der Waals surface area contributed by atoms with Gasteiger partial charge in [0.15, 0.2) is 0 Å². The van der Waals surface area contributed by atoms with E-state index in [0.717, 1.165) is 27.8 Å². The van der Waals surface area contributed by atoms with Crippen molar-refractivity contribution < 1.29 is 21.6 Å². The molecule has 0 aromatic heterocycles. The second-order valence-electron chi connectivity index (χ2n) is 8.58. The Kier molecular flexibility index (Phi) is 6.46. The van der Waals surface area contributed by atoms with E-state index >= 15 is 0 Å².